The van der Waals surface area contributed by atoms with Crippen molar-refractivity contribution in [2.75, 3.05) is 37.8 Å². The summed E-state index contributed by atoms with van der Waals surface area (Å²) in [6.45, 7) is -1.30. The first-order valence-corrected chi connectivity index (χ1v) is 18.2. The Kier molecular flexibility index (Phi) is 11.7. The molecule has 1 aliphatic heterocycles. The summed E-state index contributed by atoms with van der Waals surface area (Å²) in [5.41, 5.74) is 5.82. The van der Waals surface area contributed by atoms with E-state index in [-0.39, 0.29) is 30.2 Å². The summed E-state index contributed by atoms with van der Waals surface area (Å²) in [6.07, 6.45) is -6.57. The number of H-pyrrole nitrogens is 1. The highest BCUT2D eigenvalue weighted by Crippen LogP contribution is 2.66. The zero-order valence-corrected chi connectivity index (χ0v) is 28.0. The molecule has 24 nitrogen and oxygen atoms in total. The van der Waals surface area contributed by atoms with Crippen molar-refractivity contribution in [1.29, 1.82) is 0 Å². The molecule has 0 spiro atoms. The first-order valence-electron chi connectivity index (χ1n) is 13.7. The molecule has 0 aliphatic carbocycles. The second-order valence-electron chi connectivity index (χ2n) is 10.0. The van der Waals surface area contributed by atoms with Crippen molar-refractivity contribution in [3.63, 3.8) is 0 Å². The van der Waals surface area contributed by atoms with Crippen molar-refractivity contribution in [3.05, 3.63) is 46.5 Å². The van der Waals surface area contributed by atoms with Crippen LogP contribution in [-0.4, -0.2) is 96.3 Å². The van der Waals surface area contributed by atoms with Gasteiger partial charge in [-0.25, -0.2) is 23.1 Å². The first kappa shape index (κ1) is 38.0. The minimum Gasteiger partial charge on any atom is -0.437 e. The van der Waals surface area contributed by atoms with Crippen LogP contribution in [0.15, 0.2) is 35.4 Å². The molecular formula is C22H32N8O16P3+. The lowest BCUT2D eigenvalue weighted by atomic mass is 10.1. The van der Waals surface area contributed by atoms with Gasteiger partial charge in [0.05, 0.1) is 19.2 Å². The molecule has 6 atom stereocenters. The molecular weight excluding hydrogens is 725 g/mol. The molecule has 270 valence electrons. The Labute approximate surface area is 274 Å². The summed E-state index contributed by atoms with van der Waals surface area (Å²) >= 11 is 0. The number of amides is 2. The molecule has 2 unspecified atom stereocenters. The van der Waals surface area contributed by atoms with Gasteiger partial charge in [-0.15, -0.1) is 0 Å². The number of nitrogens with one attached hydrogen (secondary N) is 4. The Morgan fingerprint density at radius 2 is 1.78 bits per heavy atom. The number of nitrogen functional groups attached to an aromatic ring is 1. The number of fused-ring (bicyclic) bond motifs is 1. The van der Waals surface area contributed by atoms with E-state index in [9.17, 15) is 43.0 Å². The van der Waals surface area contributed by atoms with Gasteiger partial charge in [0.25, 0.3) is 17.4 Å². The van der Waals surface area contributed by atoms with E-state index in [1.54, 1.807) is 31.3 Å². The number of nitrogens with zero attached hydrogens (tertiary/aromatic N) is 3. The van der Waals surface area contributed by atoms with E-state index in [0.717, 1.165) is 4.57 Å². The van der Waals surface area contributed by atoms with Crippen LogP contribution in [0.2, 0.25) is 0 Å². The number of phosphoric acid groups is 3. The smallest absolute Gasteiger partial charge is 0.437 e. The number of rotatable bonds is 14. The normalized spacial score (nSPS) is 21.9. The van der Waals surface area contributed by atoms with Crippen molar-refractivity contribution >= 4 is 58.3 Å². The molecule has 3 aromatic rings. The van der Waals surface area contributed by atoms with E-state index in [4.69, 9.17) is 25.0 Å². The van der Waals surface area contributed by atoms with Crippen molar-refractivity contribution < 1.29 is 75.2 Å². The standard InChI is InChI=1S/C22H31N8O16P3/c1-24-12-6-4-3-5-11(12)18(32)25-7-8-26-22(34)44-16-15(31)13(9-42-48(38,39)46-49(40,41)45-47(35,36)37)43-20(16)30-10-29(2)14-17(30)27-21(23)28-19(14)33/h3-6,10,13,15-16,20,31H,7-9H2,1-2H3,(H9-,23,24,25,26,27,28,32,33,34,35,36,37,38,39,40,41)/p+1/t13-,15-,16-,20-/m1/s1. The lowest BCUT2D eigenvalue weighted by molar-refractivity contribution is -0.745. The maximum Gasteiger partial charge on any atom is 0.490 e. The number of imidazole rings is 1. The number of aryl methyl sites for hydroxylation is 1. The molecule has 27 heteroatoms. The topological polar surface area (TPSA) is 349 Å². The van der Waals surface area contributed by atoms with E-state index in [1.807, 2.05) is 0 Å². The second kappa shape index (κ2) is 15.0. The average Bonchev–Trinajstić information content (AvgIpc) is 3.47. The van der Waals surface area contributed by atoms with Crippen LogP contribution in [-0.2, 0) is 43.4 Å². The van der Waals surface area contributed by atoms with Crippen LogP contribution in [0.3, 0.4) is 0 Å². The molecule has 2 aromatic heterocycles. The van der Waals surface area contributed by atoms with Crippen molar-refractivity contribution in [2.45, 2.75) is 24.5 Å². The number of carbonyl (C=O) groups is 2. The number of aromatic nitrogens is 4. The zero-order valence-electron chi connectivity index (χ0n) is 25.3. The maximum absolute atomic E-state index is 12.8. The number of aliphatic hydroxyl groups is 1. The average molecular weight is 757 g/mol. The molecule has 0 saturated carbocycles. The van der Waals surface area contributed by atoms with Gasteiger partial charge in [-0.2, -0.15) is 8.62 Å². The van der Waals surface area contributed by atoms with Crippen LogP contribution in [0.25, 0.3) is 11.2 Å². The van der Waals surface area contributed by atoms with E-state index < -0.39 is 72.2 Å². The van der Waals surface area contributed by atoms with Gasteiger partial charge >= 0.3 is 35.2 Å². The largest absolute Gasteiger partial charge is 0.490 e. The molecule has 11 N–H and O–H groups in total. The predicted octanol–water partition coefficient (Wildman–Crippen LogP) is -1.70. The lowest BCUT2D eigenvalue weighted by Crippen LogP contribution is -2.49. The van der Waals surface area contributed by atoms with Crippen LogP contribution in [0, 0.1) is 0 Å². The summed E-state index contributed by atoms with van der Waals surface area (Å²) < 4.78 is 60.4. The number of alkyl carbamates (subject to hydrolysis) is 1. The van der Waals surface area contributed by atoms with Crippen LogP contribution < -0.4 is 31.8 Å². The monoisotopic (exact) mass is 757 g/mol. The molecule has 1 fully saturated rings. The maximum atomic E-state index is 12.8. The molecule has 0 radical (unpaired) electrons. The molecule has 0 bridgehead atoms. The van der Waals surface area contributed by atoms with Gasteiger partial charge in [0.15, 0.2) is 12.4 Å². The second-order valence-corrected chi connectivity index (χ2v) is 14.5. The number of phosphoric ester groups is 1. The van der Waals surface area contributed by atoms with E-state index in [1.165, 1.54) is 17.9 Å². The van der Waals surface area contributed by atoms with Gasteiger partial charge < -0.3 is 55.8 Å². The van der Waals surface area contributed by atoms with Crippen LogP contribution in [0.1, 0.15) is 16.6 Å². The highest BCUT2D eigenvalue weighted by Gasteiger charge is 2.51. The minimum absolute atomic E-state index is 0.0252. The van der Waals surface area contributed by atoms with Gasteiger partial charge in [-0.05, 0) is 12.1 Å². The Balaban J connectivity index is 1.49. The summed E-state index contributed by atoms with van der Waals surface area (Å²) in [5, 5.41) is 18.9. The van der Waals surface area contributed by atoms with Crippen LogP contribution in [0.4, 0.5) is 16.4 Å². The number of nitrogens with two attached hydrogens (primary N) is 1. The minimum atomic E-state index is -5.85. The number of hydrogen-bond donors (Lipinski definition) is 10. The first-order chi connectivity index (χ1) is 22.8. The van der Waals surface area contributed by atoms with Crippen molar-refractivity contribution in [1.82, 2.24) is 25.2 Å². The van der Waals surface area contributed by atoms with Gasteiger partial charge in [0.1, 0.15) is 12.2 Å². The van der Waals surface area contributed by atoms with Gasteiger partial charge in [-0.1, -0.05) is 17.1 Å². The van der Waals surface area contributed by atoms with E-state index in [2.05, 4.69) is 39.1 Å². The summed E-state index contributed by atoms with van der Waals surface area (Å²) in [7, 11) is -14.0. The number of carbonyl (C=O) groups excluding carboxylic acids is 2. The lowest BCUT2D eigenvalue weighted by Gasteiger charge is -2.20. The highest BCUT2D eigenvalue weighted by atomic mass is 31.3. The number of hydrogen-bond acceptors (Lipinski definition) is 15. The van der Waals surface area contributed by atoms with Crippen LogP contribution in [0.5, 0.6) is 0 Å². The zero-order chi connectivity index (χ0) is 36.3. The molecule has 3 heterocycles. The molecule has 1 saturated heterocycles. The number of benzene rings is 1. The van der Waals surface area contributed by atoms with Gasteiger partial charge in [-0.3, -0.25) is 23.7 Å². The quantitative estimate of drug-likeness (QED) is 0.0497. The van der Waals surface area contributed by atoms with Gasteiger partial charge in [0, 0.05) is 25.8 Å². The molecule has 49 heavy (non-hydrogen) atoms. The number of ether oxygens (including phenoxy) is 2. The highest BCUT2D eigenvalue weighted by molar-refractivity contribution is 7.66. The fourth-order valence-corrected chi connectivity index (χ4v) is 7.66. The van der Waals surface area contributed by atoms with Crippen LogP contribution >= 0.6 is 23.5 Å². The van der Waals surface area contributed by atoms with Crippen molar-refractivity contribution in [3.8, 4) is 0 Å². The Hall–Kier alpha value is -3.76. The third-order valence-electron chi connectivity index (χ3n) is 6.56. The fourth-order valence-electron chi connectivity index (χ4n) is 4.63. The molecule has 2 amide bonds. The summed E-state index contributed by atoms with van der Waals surface area (Å²) in [4.78, 5) is 80.9. The number of para-hydroxylation sites is 1. The predicted molar refractivity (Wildman–Crippen MR) is 162 cm³/mol. The third kappa shape index (κ3) is 9.69. The molecule has 1 aromatic carbocycles. The summed E-state index contributed by atoms with van der Waals surface area (Å²) in [6, 6.07) is 6.69. The van der Waals surface area contributed by atoms with Crippen molar-refractivity contribution in [2.24, 2.45) is 7.05 Å². The number of anilines is 2. The van der Waals surface area contributed by atoms with E-state index in [0.29, 0.717) is 11.3 Å². The van der Waals surface area contributed by atoms with E-state index >= 15 is 0 Å². The molecule has 1 aliphatic rings. The Bertz CT molecular complexity index is 1920. The number of aliphatic hydroxyl groups excluding tert-OH is 1. The Morgan fingerprint density at radius 3 is 2.45 bits per heavy atom. The number of aromatic amines is 1. The Morgan fingerprint density at radius 1 is 1.10 bits per heavy atom. The van der Waals surface area contributed by atoms with Gasteiger partial charge in [0.2, 0.25) is 11.7 Å². The molecule has 4 rings (SSSR count). The summed E-state index contributed by atoms with van der Waals surface area (Å²) in [5.74, 6) is -0.748. The fraction of sp³-hybridized carbons (Fsp3) is 0.409. The SMILES string of the molecule is CNc1ccccc1C(=O)NCCNC(=O)O[C@@H]1[C@H](O)[C@@H](COP(=O)(O)OP(=O)(O)OP(=O)(O)O)O[C@H]1[n+]1cn(C)c2c(=O)[nH]c(N)nc21. The third-order valence-corrected chi connectivity index (χ3v) is 10.4.